The lowest BCUT2D eigenvalue weighted by molar-refractivity contribution is 0.000976. The molecule has 1 aliphatic carbocycles. The van der Waals surface area contributed by atoms with E-state index < -0.39 is 0 Å². The molecule has 1 N–H and O–H groups in total. The van der Waals surface area contributed by atoms with Crippen molar-refractivity contribution >= 4 is 23.5 Å². The summed E-state index contributed by atoms with van der Waals surface area (Å²) in [6.45, 7) is 7.77. The molecule has 3 fully saturated rings. The van der Waals surface area contributed by atoms with Crippen molar-refractivity contribution in [3.8, 4) is 0 Å². The van der Waals surface area contributed by atoms with Crippen molar-refractivity contribution in [2.24, 2.45) is 28.7 Å². The third kappa shape index (κ3) is 8.70. The van der Waals surface area contributed by atoms with Gasteiger partial charge in [0.2, 0.25) is 0 Å². The van der Waals surface area contributed by atoms with E-state index in [2.05, 4.69) is 63.4 Å². The van der Waals surface area contributed by atoms with E-state index in [-0.39, 0.29) is 36.1 Å². The highest BCUT2D eigenvalue weighted by Gasteiger charge is 2.53. The molecule has 1 saturated carbocycles. The van der Waals surface area contributed by atoms with Crippen LogP contribution in [0.25, 0.3) is 0 Å². The molecule has 3 aromatic carbocycles. The van der Waals surface area contributed by atoms with Crippen molar-refractivity contribution in [1.29, 1.82) is 0 Å². The highest BCUT2D eigenvalue weighted by molar-refractivity contribution is 5.89. The Morgan fingerprint density at radius 3 is 2.32 bits per heavy atom. The van der Waals surface area contributed by atoms with Gasteiger partial charge in [0.15, 0.2) is 0 Å². The number of nitrogens with zero attached hydrogens (tertiary/aromatic N) is 3. The van der Waals surface area contributed by atoms with Crippen molar-refractivity contribution in [2.75, 3.05) is 44.7 Å². The molecule has 3 heterocycles. The minimum Gasteiger partial charge on any atom is -0.457 e. The van der Waals surface area contributed by atoms with E-state index in [0.29, 0.717) is 23.3 Å². The van der Waals surface area contributed by atoms with Gasteiger partial charge in [0.1, 0.15) is 12.7 Å². The molecule has 2 unspecified atom stereocenters. The monoisotopic (exact) mass is 716 g/mol. The number of piperidine rings is 1. The van der Waals surface area contributed by atoms with Gasteiger partial charge in [0.25, 0.3) is 0 Å². The second kappa shape index (κ2) is 17.1. The normalized spacial score (nSPS) is 23.7. The lowest BCUT2D eigenvalue weighted by Gasteiger charge is -2.52. The van der Waals surface area contributed by atoms with Gasteiger partial charge < -0.3 is 24.6 Å². The summed E-state index contributed by atoms with van der Waals surface area (Å²) in [5.41, 5.74) is 5.25. The van der Waals surface area contributed by atoms with Crippen LogP contribution in [0.2, 0.25) is 0 Å². The Hall–Kier alpha value is -4.43. The minimum absolute atomic E-state index is 0.0871. The van der Waals surface area contributed by atoms with Crippen LogP contribution in [0.3, 0.4) is 0 Å². The van der Waals surface area contributed by atoms with E-state index in [1.165, 1.54) is 11.3 Å². The maximum atomic E-state index is 12.6. The number of benzene rings is 3. The number of carbonyl (C=O) groups is 2. The van der Waals surface area contributed by atoms with Gasteiger partial charge in [-0.3, -0.25) is 4.99 Å². The van der Waals surface area contributed by atoms with Gasteiger partial charge in [-0.15, -0.1) is 0 Å². The Kier molecular flexibility index (Phi) is 11.9. The average molecular weight is 717 g/mol. The molecule has 3 aliphatic heterocycles. The maximum Gasteiger partial charge on any atom is 0.407 e. The number of anilines is 1. The molecule has 53 heavy (non-hydrogen) atoms. The van der Waals surface area contributed by atoms with Crippen LogP contribution in [-0.2, 0) is 21.5 Å². The van der Waals surface area contributed by atoms with Crippen molar-refractivity contribution in [2.45, 2.75) is 76.4 Å². The van der Waals surface area contributed by atoms with E-state index in [4.69, 9.17) is 9.47 Å². The SMILES string of the molecule is CNC(=O)OC1CCC[C@@H]1[C@](CC1C=CN=C(C)CC1)(c1ccccc1)C1CCN(CC2CN(c3ccc(C(=O)OCc4ccccc4)cc3)C2)CC1. The van der Waals surface area contributed by atoms with Gasteiger partial charge in [0.05, 0.1) is 5.56 Å². The molecule has 1 amide bonds. The first-order chi connectivity index (χ1) is 25.9. The first kappa shape index (κ1) is 36.9. The Bertz CT molecular complexity index is 1710. The Morgan fingerprint density at radius 2 is 1.60 bits per heavy atom. The zero-order valence-electron chi connectivity index (χ0n) is 31.5. The topological polar surface area (TPSA) is 83.5 Å². The number of carbonyl (C=O) groups excluding carboxylic acids is 2. The number of nitrogens with one attached hydrogen (secondary N) is 1. The molecule has 8 heteroatoms. The summed E-state index contributed by atoms with van der Waals surface area (Å²) in [6.07, 6.45) is 12.5. The number of esters is 1. The number of amides is 1. The van der Waals surface area contributed by atoms with E-state index >= 15 is 0 Å². The van der Waals surface area contributed by atoms with E-state index in [1.54, 1.807) is 7.05 Å². The zero-order valence-corrected chi connectivity index (χ0v) is 31.5. The minimum atomic E-state index is -0.316. The number of alkyl carbamates (subject to hydrolysis) is 1. The fraction of sp³-hybridized carbons (Fsp3) is 0.489. The second-order valence-electron chi connectivity index (χ2n) is 15.8. The smallest absolute Gasteiger partial charge is 0.407 e. The van der Waals surface area contributed by atoms with Crippen LogP contribution >= 0.6 is 0 Å². The average Bonchev–Trinajstić information content (AvgIpc) is 3.55. The summed E-state index contributed by atoms with van der Waals surface area (Å²) in [5, 5.41) is 2.73. The summed E-state index contributed by atoms with van der Waals surface area (Å²) >= 11 is 0. The Morgan fingerprint density at radius 1 is 0.887 bits per heavy atom. The van der Waals surface area contributed by atoms with Gasteiger partial charge in [-0.25, -0.2) is 9.59 Å². The van der Waals surface area contributed by atoms with Crippen LogP contribution in [0, 0.1) is 23.7 Å². The number of hydrogen-bond acceptors (Lipinski definition) is 7. The summed E-state index contributed by atoms with van der Waals surface area (Å²) < 4.78 is 11.7. The predicted molar refractivity (Wildman–Crippen MR) is 211 cm³/mol. The quantitative estimate of drug-likeness (QED) is 0.190. The van der Waals surface area contributed by atoms with E-state index in [1.807, 2.05) is 60.8 Å². The first-order valence-electron chi connectivity index (χ1n) is 19.8. The Labute approximate surface area is 315 Å². The maximum absolute atomic E-state index is 12.6. The van der Waals surface area contributed by atoms with Crippen LogP contribution in [0.4, 0.5) is 10.5 Å². The third-order valence-corrected chi connectivity index (χ3v) is 12.5. The molecule has 2 saturated heterocycles. The fourth-order valence-corrected chi connectivity index (χ4v) is 9.75. The van der Waals surface area contributed by atoms with Crippen LogP contribution in [0.5, 0.6) is 0 Å². The van der Waals surface area contributed by atoms with Crippen LogP contribution in [-0.4, -0.2) is 68.5 Å². The van der Waals surface area contributed by atoms with Gasteiger partial charge in [-0.05, 0) is 119 Å². The van der Waals surface area contributed by atoms with E-state index in [0.717, 1.165) is 95.3 Å². The van der Waals surface area contributed by atoms with Crippen LogP contribution in [0.15, 0.2) is 102 Å². The fourth-order valence-electron chi connectivity index (χ4n) is 9.75. The molecule has 8 nitrogen and oxygen atoms in total. The molecule has 0 bridgehead atoms. The van der Waals surface area contributed by atoms with E-state index in [9.17, 15) is 9.59 Å². The molecule has 3 aromatic rings. The molecule has 4 atom stereocenters. The summed E-state index contributed by atoms with van der Waals surface area (Å²) in [4.78, 5) is 35.0. The number of hydrogen-bond donors (Lipinski definition) is 1. The van der Waals surface area contributed by atoms with Gasteiger partial charge >= 0.3 is 12.1 Å². The van der Waals surface area contributed by atoms with Crippen molar-refractivity contribution in [3.63, 3.8) is 0 Å². The summed E-state index contributed by atoms with van der Waals surface area (Å²) in [6, 6.07) is 28.9. The zero-order chi connectivity index (χ0) is 36.6. The summed E-state index contributed by atoms with van der Waals surface area (Å²) in [7, 11) is 1.66. The van der Waals surface area contributed by atoms with Crippen molar-refractivity contribution in [1.82, 2.24) is 10.2 Å². The molecule has 0 spiro atoms. The number of allylic oxidation sites excluding steroid dienone is 1. The Balaban J connectivity index is 0.993. The first-order valence-corrected chi connectivity index (χ1v) is 19.8. The predicted octanol–water partition coefficient (Wildman–Crippen LogP) is 8.43. The van der Waals surface area contributed by atoms with Gasteiger partial charge in [-0.2, -0.15) is 0 Å². The molecule has 0 radical (unpaired) electrons. The standard InChI is InChI=1S/C45H56N4O4/c1-33-16-17-34(22-25-47-33)28-45(38-12-7-4-8-13-38,41-14-9-15-42(41)53-44(51)46-2)39-23-26-48(27-24-39)29-36-30-49(31-36)40-20-18-37(19-21-40)43(50)52-32-35-10-5-3-6-11-35/h3-8,10-13,18-22,25,34,36,39,41-42H,9,14-17,23-24,26-32H2,1-2H3,(H,46,51)/t34?,41-,42?,45+/m0/s1. The number of rotatable bonds is 12. The number of likely N-dealkylation sites (tertiary alicyclic amines) is 1. The molecule has 7 rings (SSSR count). The highest BCUT2D eigenvalue weighted by atomic mass is 16.6. The number of ether oxygens (including phenoxy) is 2. The highest BCUT2D eigenvalue weighted by Crippen LogP contribution is 2.55. The van der Waals surface area contributed by atoms with Gasteiger partial charge in [0, 0.05) is 61.5 Å². The molecule has 0 aromatic heterocycles. The lowest BCUT2D eigenvalue weighted by Crippen LogP contribution is -2.54. The third-order valence-electron chi connectivity index (χ3n) is 12.5. The number of aliphatic imine (C=N–C) groups is 1. The molecular weight excluding hydrogens is 661 g/mol. The van der Waals surface area contributed by atoms with Crippen LogP contribution in [0.1, 0.15) is 79.8 Å². The molecule has 4 aliphatic rings. The van der Waals surface area contributed by atoms with Crippen LogP contribution < -0.4 is 10.2 Å². The lowest BCUT2D eigenvalue weighted by atomic mass is 9.55. The second-order valence-corrected chi connectivity index (χ2v) is 15.8. The summed E-state index contributed by atoms with van der Waals surface area (Å²) in [5.74, 6) is 1.52. The molecule has 280 valence electrons. The van der Waals surface area contributed by atoms with Crippen molar-refractivity contribution < 1.29 is 19.1 Å². The van der Waals surface area contributed by atoms with Gasteiger partial charge in [-0.1, -0.05) is 66.7 Å². The largest absolute Gasteiger partial charge is 0.457 e. The van der Waals surface area contributed by atoms with Crippen molar-refractivity contribution in [3.05, 3.63) is 114 Å². The molecular formula is C45H56N4O4.